The maximum atomic E-state index is 13.0. The number of nitrogens with zero attached hydrogens (tertiary/aromatic N) is 2. The molecular formula is C23H19N3O2. The van der Waals surface area contributed by atoms with E-state index >= 15 is 0 Å². The van der Waals surface area contributed by atoms with Gasteiger partial charge in [0.15, 0.2) is 0 Å². The summed E-state index contributed by atoms with van der Waals surface area (Å²) < 4.78 is 5.97. The number of para-hydroxylation sites is 1. The molecule has 28 heavy (non-hydrogen) atoms. The van der Waals surface area contributed by atoms with Crippen molar-refractivity contribution in [3.05, 3.63) is 95.2 Å². The molecule has 2 heterocycles. The van der Waals surface area contributed by atoms with Crippen molar-refractivity contribution in [2.75, 3.05) is 5.32 Å². The first-order chi connectivity index (χ1) is 13.6. The summed E-state index contributed by atoms with van der Waals surface area (Å²) in [7, 11) is 0. The van der Waals surface area contributed by atoms with E-state index in [4.69, 9.17) is 4.42 Å². The van der Waals surface area contributed by atoms with Crippen LogP contribution in [0.15, 0.2) is 82.2 Å². The number of carbonyl (C=O) groups is 1. The Morgan fingerprint density at radius 1 is 0.964 bits per heavy atom. The van der Waals surface area contributed by atoms with Crippen LogP contribution in [0.5, 0.6) is 0 Å². The van der Waals surface area contributed by atoms with E-state index in [9.17, 15) is 4.79 Å². The Hall–Kier alpha value is -3.73. The summed E-state index contributed by atoms with van der Waals surface area (Å²) in [6.07, 6.45) is 0. The highest BCUT2D eigenvalue weighted by atomic mass is 16.3. The van der Waals surface area contributed by atoms with Crippen molar-refractivity contribution < 1.29 is 9.21 Å². The average Bonchev–Trinajstić information content (AvgIpc) is 2.67. The number of pyridine rings is 1. The van der Waals surface area contributed by atoms with Gasteiger partial charge < -0.3 is 9.73 Å². The van der Waals surface area contributed by atoms with Crippen molar-refractivity contribution in [1.82, 2.24) is 4.98 Å². The van der Waals surface area contributed by atoms with Crippen molar-refractivity contribution >= 4 is 28.4 Å². The molecule has 0 saturated heterocycles. The molecule has 0 saturated carbocycles. The van der Waals surface area contributed by atoms with Crippen LogP contribution in [0.3, 0.4) is 0 Å². The summed E-state index contributed by atoms with van der Waals surface area (Å²) in [5.41, 5.74) is 3.90. The highest BCUT2D eigenvalue weighted by Crippen LogP contribution is 2.17. The first-order valence-corrected chi connectivity index (χ1v) is 8.98. The topological polar surface area (TPSA) is 67.5 Å². The fraction of sp³-hybridized carbons (Fsp3) is 0.0870. The van der Waals surface area contributed by atoms with Gasteiger partial charge in [0, 0.05) is 11.1 Å². The monoisotopic (exact) mass is 369 g/mol. The highest BCUT2D eigenvalue weighted by Gasteiger charge is 2.13. The minimum absolute atomic E-state index is 0.259. The summed E-state index contributed by atoms with van der Waals surface area (Å²) in [5, 5.41) is 3.66. The minimum Gasteiger partial charge on any atom is -0.438 e. The highest BCUT2D eigenvalue weighted by molar-refractivity contribution is 6.04. The molecule has 1 amide bonds. The lowest BCUT2D eigenvalue weighted by molar-refractivity contribution is 0.102. The molecule has 0 aliphatic heterocycles. The Morgan fingerprint density at radius 3 is 2.61 bits per heavy atom. The first-order valence-electron chi connectivity index (χ1n) is 8.98. The lowest BCUT2D eigenvalue weighted by Crippen LogP contribution is -2.22. The summed E-state index contributed by atoms with van der Waals surface area (Å²) in [6, 6.07) is 22.5. The van der Waals surface area contributed by atoms with E-state index in [-0.39, 0.29) is 11.5 Å². The van der Waals surface area contributed by atoms with Crippen molar-refractivity contribution in [2.24, 2.45) is 4.99 Å². The van der Waals surface area contributed by atoms with Gasteiger partial charge in [-0.05, 0) is 55.8 Å². The molecule has 4 aromatic rings. The second kappa shape index (κ2) is 7.48. The number of aryl methyl sites for hydroxylation is 2. The molecule has 138 valence electrons. The van der Waals surface area contributed by atoms with Crippen molar-refractivity contribution in [3.63, 3.8) is 0 Å². The molecule has 0 unspecified atom stereocenters. The second-order valence-electron chi connectivity index (χ2n) is 6.57. The van der Waals surface area contributed by atoms with Gasteiger partial charge in [-0.3, -0.25) is 4.79 Å². The molecule has 0 radical (unpaired) electrons. The first kappa shape index (κ1) is 17.7. The van der Waals surface area contributed by atoms with Gasteiger partial charge in [0.25, 0.3) is 5.91 Å². The number of aromatic nitrogens is 1. The number of carbonyl (C=O) groups excluding carboxylic acids is 1. The molecule has 4 rings (SSSR count). The van der Waals surface area contributed by atoms with Crippen LogP contribution < -0.4 is 10.9 Å². The van der Waals surface area contributed by atoms with Crippen LogP contribution in [0.25, 0.3) is 11.0 Å². The van der Waals surface area contributed by atoms with E-state index in [1.807, 2.05) is 74.5 Å². The Balaban J connectivity index is 1.84. The van der Waals surface area contributed by atoms with Crippen LogP contribution in [0, 0.1) is 13.8 Å². The Morgan fingerprint density at radius 2 is 1.79 bits per heavy atom. The molecule has 0 fully saturated rings. The molecule has 0 bridgehead atoms. The molecule has 2 aromatic heterocycles. The number of nitrogens with one attached hydrogen (secondary N) is 1. The number of rotatable bonds is 3. The number of anilines is 1. The number of fused-ring (bicyclic) bond motifs is 1. The Kier molecular flexibility index (Phi) is 4.72. The van der Waals surface area contributed by atoms with Gasteiger partial charge in [-0.1, -0.05) is 36.4 Å². The molecule has 5 heteroatoms. The predicted molar refractivity (Wildman–Crippen MR) is 110 cm³/mol. The van der Waals surface area contributed by atoms with Crippen molar-refractivity contribution in [2.45, 2.75) is 13.8 Å². The third kappa shape index (κ3) is 3.83. The summed E-state index contributed by atoms with van der Waals surface area (Å²) in [4.78, 5) is 21.9. The zero-order chi connectivity index (χ0) is 19.5. The zero-order valence-corrected chi connectivity index (χ0v) is 15.6. The molecular weight excluding hydrogens is 350 g/mol. The van der Waals surface area contributed by atoms with Gasteiger partial charge in [-0.2, -0.15) is 0 Å². The van der Waals surface area contributed by atoms with Gasteiger partial charge >= 0.3 is 0 Å². The quantitative estimate of drug-likeness (QED) is 0.557. The average molecular weight is 369 g/mol. The van der Waals surface area contributed by atoms with Crippen LogP contribution in [0.1, 0.15) is 21.6 Å². The molecule has 5 nitrogen and oxygen atoms in total. The van der Waals surface area contributed by atoms with Crippen molar-refractivity contribution in [1.29, 1.82) is 0 Å². The van der Waals surface area contributed by atoms with Gasteiger partial charge in [-0.25, -0.2) is 9.98 Å². The maximum Gasteiger partial charge on any atom is 0.262 e. The van der Waals surface area contributed by atoms with Crippen LogP contribution in [0.2, 0.25) is 0 Å². The zero-order valence-electron chi connectivity index (χ0n) is 15.6. The number of amides is 1. The summed E-state index contributed by atoms with van der Waals surface area (Å²) in [5.74, 6) is 0.165. The number of hydrogen-bond acceptors (Lipinski definition) is 4. The summed E-state index contributed by atoms with van der Waals surface area (Å²) >= 11 is 0. The van der Waals surface area contributed by atoms with E-state index in [1.165, 1.54) is 0 Å². The molecule has 0 aliphatic rings. The van der Waals surface area contributed by atoms with Gasteiger partial charge in [0.2, 0.25) is 5.55 Å². The molecule has 2 aromatic carbocycles. The number of benzene rings is 2. The maximum absolute atomic E-state index is 13.0. The van der Waals surface area contributed by atoms with Crippen LogP contribution in [-0.2, 0) is 0 Å². The van der Waals surface area contributed by atoms with E-state index < -0.39 is 0 Å². The molecule has 0 atom stereocenters. The fourth-order valence-electron chi connectivity index (χ4n) is 2.93. The Labute approximate surface area is 162 Å². The van der Waals surface area contributed by atoms with Crippen LogP contribution in [-0.4, -0.2) is 10.9 Å². The number of hydrogen-bond donors (Lipinski definition) is 1. The third-order valence-corrected chi connectivity index (χ3v) is 4.26. The van der Waals surface area contributed by atoms with E-state index in [2.05, 4.69) is 15.3 Å². The second-order valence-corrected chi connectivity index (χ2v) is 6.57. The SMILES string of the molecule is Cc1cccc(N=c2oc3ccccc3cc2C(=O)Nc2cccc(C)n2)c1. The fourth-order valence-corrected chi connectivity index (χ4v) is 2.93. The Bertz CT molecular complexity index is 1240. The lowest BCUT2D eigenvalue weighted by Gasteiger charge is -2.07. The molecule has 1 N–H and O–H groups in total. The van der Waals surface area contributed by atoms with Gasteiger partial charge in [0.1, 0.15) is 17.0 Å². The largest absolute Gasteiger partial charge is 0.438 e. The standard InChI is InChI=1S/C23H19N3O2/c1-15-7-5-10-18(13-15)25-23-19(14-17-9-3-4-11-20(17)28-23)22(27)26-21-12-6-8-16(2)24-21/h3-14H,1-2H3,(H,24,26,27). The minimum atomic E-state index is -0.320. The normalized spacial score (nSPS) is 11.6. The lowest BCUT2D eigenvalue weighted by atomic mass is 10.1. The van der Waals surface area contributed by atoms with Crippen molar-refractivity contribution in [3.8, 4) is 0 Å². The smallest absolute Gasteiger partial charge is 0.262 e. The summed E-state index contributed by atoms with van der Waals surface area (Å²) in [6.45, 7) is 3.87. The molecule has 0 spiro atoms. The van der Waals surface area contributed by atoms with E-state index in [1.54, 1.807) is 12.1 Å². The predicted octanol–water partition coefficient (Wildman–Crippen LogP) is 4.93. The molecule has 0 aliphatic carbocycles. The third-order valence-electron chi connectivity index (χ3n) is 4.26. The van der Waals surface area contributed by atoms with Gasteiger partial charge in [0.05, 0.1) is 5.69 Å². The van der Waals surface area contributed by atoms with Crippen LogP contribution in [0.4, 0.5) is 11.5 Å². The van der Waals surface area contributed by atoms with E-state index in [0.717, 1.165) is 22.3 Å². The van der Waals surface area contributed by atoms with Gasteiger partial charge in [-0.15, -0.1) is 0 Å². The van der Waals surface area contributed by atoms with E-state index in [0.29, 0.717) is 17.0 Å². The van der Waals surface area contributed by atoms with Crippen LogP contribution >= 0.6 is 0 Å².